The van der Waals surface area contributed by atoms with Gasteiger partial charge < -0.3 is 5.11 Å². The fraction of sp³-hybridized carbons (Fsp3) is 0.944. The highest BCUT2D eigenvalue weighted by molar-refractivity contribution is 5.66. The first-order valence-electron chi connectivity index (χ1n) is 9.01. The number of unbranched alkanes of at least 4 members (excludes halogenated alkanes) is 7. The van der Waals surface area contributed by atoms with Gasteiger partial charge in [0.05, 0.1) is 0 Å². The van der Waals surface area contributed by atoms with E-state index in [1.54, 1.807) is 0 Å². The third kappa shape index (κ3) is 10.3. The van der Waals surface area contributed by atoms with E-state index in [0.29, 0.717) is 6.42 Å². The van der Waals surface area contributed by atoms with E-state index in [4.69, 9.17) is 5.11 Å². The predicted molar refractivity (Wildman–Crippen MR) is 85.0 cm³/mol. The lowest BCUT2D eigenvalue weighted by Gasteiger charge is -2.13. The fourth-order valence-corrected chi connectivity index (χ4v) is 3.42. The molecule has 1 fully saturated rings. The van der Waals surface area contributed by atoms with E-state index in [-0.39, 0.29) is 0 Å². The van der Waals surface area contributed by atoms with E-state index in [1.165, 1.54) is 83.5 Å². The molecule has 1 aliphatic rings. The van der Waals surface area contributed by atoms with Crippen molar-refractivity contribution in [2.45, 2.75) is 103 Å². The quantitative estimate of drug-likeness (QED) is 0.291. The van der Waals surface area contributed by atoms with Crippen molar-refractivity contribution in [3.05, 3.63) is 0 Å². The summed E-state index contributed by atoms with van der Waals surface area (Å²) in [7, 11) is 0. The zero-order valence-electron chi connectivity index (χ0n) is 13.2. The summed E-state index contributed by atoms with van der Waals surface area (Å²) in [6, 6.07) is 0. The minimum absolute atomic E-state index is 0.349. The highest BCUT2D eigenvalue weighted by Gasteiger charge is 2.11. The Morgan fingerprint density at radius 1 is 0.750 bits per heavy atom. The Kier molecular flexibility index (Phi) is 10.7. The van der Waals surface area contributed by atoms with Crippen LogP contribution in [0.15, 0.2) is 0 Å². The third-order valence-electron chi connectivity index (χ3n) is 4.73. The van der Waals surface area contributed by atoms with Crippen LogP contribution in [-0.4, -0.2) is 11.1 Å². The Hall–Kier alpha value is -0.530. The number of aliphatic carboxylic acids is 1. The monoisotopic (exact) mass is 300 g/mol. The van der Waals surface area contributed by atoms with Gasteiger partial charge in [-0.05, 0) is 12.3 Å². The number of carbonyl (C=O) groups is 1. The molecule has 0 spiro atoms. The van der Waals surface area contributed by atoms with Crippen molar-refractivity contribution in [2.24, 2.45) is 5.92 Å². The first-order chi connectivity index (χ1) is 9.79. The molecule has 0 atom stereocenters. The van der Waals surface area contributed by atoms with Gasteiger partial charge in [-0.15, -0.1) is 0 Å². The minimum Gasteiger partial charge on any atom is -0.481 e. The molecule has 0 unspecified atom stereocenters. The van der Waals surface area contributed by atoms with Crippen LogP contribution in [0.2, 0.25) is 0 Å². The maximum atomic E-state index is 10.4. The molecule has 0 aromatic rings. The summed E-state index contributed by atoms with van der Waals surface area (Å²) in [4.78, 5) is 10.4. The highest BCUT2D eigenvalue weighted by atomic mass is 16.5. The van der Waals surface area contributed by atoms with E-state index < -0.39 is 5.97 Å². The van der Waals surface area contributed by atoms with E-state index in [2.05, 4.69) is 0 Å². The number of carboxylic acids is 1. The third-order valence-corrected chi connectivity index (χ3v) is 4.73. The van der Waals surface area contributed by atoms with Gasteiger partial charge in [-0.3, -0.25) is 4.79 Å². The average molecular weight is 300 g/mol. The maximum Gasteiger partial charge on any atom is 0.303 e. The Morgan fingerprint density at radius 2 is 1.25 bits per heavy atom. The molecule has 0 saturated heterocycles. The van der Waals surface area contributed by atoms with Crippen molar-refractivity contribution < 1.29 is 9.90 Å². The van der Waals surface area contributed by atoms with E-state index in [1.807, 2.05) is 0 Å². The zero-order valence-corrected chi connectivity index (χ0v) is 13.2. The van der Waals surface area contributed by atoms with Crippen LogP contribution in [0.25, 0.3) is 0 Å². The molecule has 1 rings (SSSR count). The van der Waals surface area contributed by atoms with Gasteiger partial charge >= 0.3 is 5.97 Å². The lowest BCUT2D eigenvalue weighted by Crippen LogP contribution is -1.98. The second-order valence-corrected chi connectivity index (χ2v) is 6.62. The van der Waals surface area contributed by atoms with Crippen LogP contribution in [0.1, 0.15) is 103 Å². The van der Waals surface area contributed by atoms with E-state index in [0.717, 1.165) is 18.8 Å². The van der Waals surface area contributed by atoms with E-state index in [9.17, 15) is 4.79 Å². The normalized spacial score (nSPS) is 17.0. The van der Waals surface area contributed by atoms with Crippen molar-refractivity contribution in [3.63, 3.8) is 0 Å². The smallest absolute Gasteiger partial charge is 0.303 e. The number of carboxylic acid groups (broad SMARTS) is 1. The molecule has 0 aromatic heterocycles. The summed E-state index contributed by atoms with van der Waals surface area (Å²) in [6.07, 6.45) is 20.7. The molecule has 1 aliphatic carbocycles. The first kappa shape index (κ1) is 17.5. The molecule has 0 aromatic carbocycles. The molecular formula is C18H34O2. The molecule has 0 aliphatic heterocycles. The van der Waals surface area contributed by atoms with Crippen molar-refractivity contribution >= 4 is 5.97 Å². The van der Waals surface area contributed by atoms with Gasteiger partial charge in [-0.1, -0.05) is 89.9 Å². The Balaban J connectivity index is 1.79. The van der Waals surface area contributed by atoms with Gasteiger partial charge in [-0.2, -0.15) is 0 Å². The Morgan fingerprint density at radius 3 is 1.80 bits per heavy atom. The van der Waals surface area contributed by atoms with Crippen molar-refractivity contribution in [1.29, 1.82) is 0 Å². The number of hydrogen-bond donors (Lipinski definition) is 1. The molecule has 0 heterocycles. The molecular weight excluding hydrogens is 266 g/mol. The van der Waals surface area contributed by atoms with Crippen molar-refractivity contribution in [2.75, 3.05) is 0 Å². The van der Waals surface area contributed by atoms with Crippen molar-refractivity contribution in [1.82, 2.24) is 0 Å². The van der Waals surface area contributed by atoms with Gasteiger partial charge in [0.15, 0.2) is 0 Å². The largest absolute Gasteiger partial charge is 0.481 e. The van der Waals surface area contributed by atoms with Crippen LogP contribution >= 0.6 is 0 Å². The lowest BCUT2D eigenvalue weighted by molar-refractivity contribution is -0.137. The van der Waals surface area contributed by atoms with Crippen molar-refractivity contribution in [3.8, 4) is 0 Å². The lowest BCUT2D eigenvalue weighted by atomic mass is 10.9. The molecule has 0 radical (unpaired) electrons. The standard InChI is InChI=1S/C18H34O2/c19-18(20)16-12-6-4-2-1-3-5-9-13-17-14-10-7-8-11-15-17/h17H,1-16H2,(H,19,20)/i1+1,2+1,3+1,4+1,5+1,6+1,7+1,8+1,9+1,10+1,11+1,12+1,13+1,14+1,15+1,16+1,17+1,18+1. The predicted octanol–water partition coefficient (Wildman–Crippen LogP) is 5.94. The summed E-state index contributed by atoms with van der Waals surface area (Å²) in [5, 5.41) is 8.54. The second kappa shape index (κ2) is 12.2. The molecule has 118 valence electrons. The van der Waals surface area contributed by atoms with Crippen LogP contribution in [0.4, 0.5) is 0 Å². The molecule has 1 saturated carbocycles. The summed E-state index contributed by atoms with van der Waals surface area (Å²) >= 11 is 0. The van der Waals surface area contributed by atoms with Crippen LogP contribution in [0.3, 0.4) is 0 Å². The summed E-state index contributed by atoms with van der Waals surface area (Å²) < 4.78 is 0. The van der Waals surface area contributed by atoms with Gasteiger partial charge in [0.1, 0.15) is 0 Å². The second-order valence-electron chi connectivity index (χ2n) is 6.62. The zero-order chi connectivity index (χ0) is 14.5. The SMILES string of the molecule is O=[13C](O)[13CH2][13CH2][13CH2][13CH2][13CH2][13CH2][13CH2][13CH2][13CH2][13CH2][13CH]1[13CH2][13CH2][13CH2][13CH2][13CH2][13CH2]1. The molecule has 0 amide bonds. The summed E-state index contributed by atoms with van der Waals surface area (Å²) in [5.74, 6) is 0.386. The van der Waals surface area contributed by atoms with Crippen LogP contribution < -0.4 is 0 Å². The van der Waals surface area contributed by atoms with Gasteiger partial charge in [-0.25, -0.2) is 0 Å². The molecule has 20 heavy (non-hydrogen) atoms. The van der Waals surface area contributed by atoms with Gasteiger partial charge in [0, 0.05) is 6.42 Å². The van der Waals surface area contributed by atoms with Crippen LogP contribution in [-0.2, 0) is 4.79 Å². The fourth-order valence-electron chi connectivity index (χ4n) is 3.42. The van der Waals surface area contributed by atoms with Gasteiger partial charge in [0.2, 0.25) is 0 Å². The Bertz CT molecular complexity index is 230. The highest BCUT2D eigenvalue weighted by Crippen LogP contribution is 2.27. The minimum atomic E-state index is -0.650. The summed E-state index contributed by atoms with van der Waals surface area (Å²) in [5.41, 5.74) is 0. The first-order valence-corrected chi connectivity index (χ1v) is 9.01. The topological polar surface area (TPSA) is 37.3 Å². The maximum absolute atomic E-state index is 10.4. The Labute approximate surface area is 125 Å². The number of hydrogen-bond acceptors (Lipinski definition) is 1. The molecule has 2 nitrogen and oxygen atoms in total. The number of rotatable bonds is 11. The van der Waals surface area contributed by atoms with Crippen LogP contribution in [0.5, 0.6) is 0 Å². The molecule has 1 N–H and O–H groups in total. The molecule has 0 bridgehead atoms. The molecule has 2 heteroatoms. The average Bonchev–Trinajstić information content (AvgIpc) is 2.69. The van der Waals surface area contributed by atoms with E-state index >= 15 is 0 Å². The van der Waals surface area contributed by atoms with Crippen LogP contribution in [0, 0.1) is 5.92 Å². The van der Waals surface area contributed by atoms with Gasteiger partial charge in [0.25, 0.3) is 0 Å². The summed E-state index contributed by atoms with van der Waals surface area (Å²) in [6.45, 7) is 0.